The normalized spacial score (nSPS) is 16.0. The summed E-state index contributed by atoms with van der Waals surface area (Å²) in [5.41, 5.74) is -1.17. The minimum absolute atomic E-state index is 0.0319. The zero-order valence-electron chi connectivity index (χ0n) is 16.5. The van der Waals surface area contributed by atoms with Crippen molar-refractivity contribution in [1.82, 2.24) is 5.32 Å². The molecule has 172 valence electrons. The topological polar surface area (TPSA) is 125 Å². The fourth-order valence-corrected chi connectivity index (χ4v) is 4.61. The Labute approximate surface area is 180 Å². The van der Waals surface area contributed by atoms with Crippen molar-refractivity contribution in [2.45, 2.75) is 24.1 Å². The van der Waals surface area contributed by atoms with Crippen molar-refractivity contribution in [1.29, 1.82) is 0 Å². The summed E-state index contributed by atoms with van der Waals surface area (Å²) in [4.78, 5) is 21.6. The second-order valence-electron chi connectivity index (χ2n) is 6.85. The van der Waals surface area contributed by atoms with E-state index in [1.165, 1.54) is 25.1 Å². The molecule has 3 rings (SSSR count). The molecule has 3 N–H and O–H groups in total. The largest absolute Gasteiger partial charge is 0.484 e. The van der Waals surface area contributed by atoms with E-state index in [1.807, 2.05) is 0 Å². The second-order valence-corrected chi connectivity index (χ2v) is 8.71. The Kier molecular flexibility index (Phi) is 6.21. The number of sulfonamides is 1. The zero-order valence-corrected chi connectivity index (χ0v) is 17.3. The Bertz CT molecular complexity index is 1150. The summed E-state index contributed by atoms with van der Waals surface area (Å²) in [6.45, 7) is 0.874. The number of benzene rings is 2. The summed E-state index contributed by atoms with van der Waals surface area (Å²) < 4.78 is 72.5. The zero-order chi connectivity index (χ0) is 23.7. The van der Waals surface area contributed by atoms with Crippen LogP contribution in [0.2, 0.25) is 0 Å². The van der Waals surface area contributed by atoms with Crippen LogP contribution in [0.5, 0.6) is 5.75 Å². The molecular weight excluding hydrogens is 455 g/mol. The van der Waals surface area contributed by atoms with Crippen LogP contribution in [0.4, 0.5) is 29.3 Å². The number of hydrogen-bond acceptors (Lipinski definition) is 5. The molecule has 1 atom stereocenters. The van der Waals surface area contributed by atoms with E-state index in [0.29, 0.717) is 6.07 Å². The molecule has 0 bridgehead atoms. The third-order valence-electron chi connectivity index (χ3n) is 4.47. The molecule has 1 heterocycles. The maximum Gasteiger partial charge on any atom is 0.416 e. The Morgan fingerprint density at radius 3 is 2.56 bits per heavy atom. The lowest BCUT2D eigenvalue weighted by atomic mass is 10.2. The van der Waals surface area contributed by atoms with Crippen molar-refractivity contribution in [2.75, 3.05) is 22.7 Å². The first-order valence-electron chi connectivity index (χ1n) is 9.13. The van der Waals surface area contributed by atoms with Gasteiger partial charge in [0, 0.05) is 12.6 Å². The van der Waals surface area contributed by atoms with E-state index in [0.717, 1.165) is 22.5 Å². The molecule has 0 spiro atoms. The van der Waals surface area contributed by atoms with Gasteiger partial charge >= 0.3 is 12.3 Å². The SMILES string of the molecule is CC(=O)NCC1CN(S(=O)(=O)c2cccc(C(F)(F)F)c2)c2cc(NC(=O)O)ccc2O1. The number of nitrogens with one attached hydrogen (secondary N) is 2. The standard InChI is InChI=1S/C19H18F3N3O6S/c1-11(26)23-9-14-10-25(16-8-13(24-18(27)28)5-6-17(16)31-14)32(29,30)15-4-2-3-12(7-15)19(20,21)22/h2-8,14,24H,9-10H2,1H3,(H,23,26)(H,27,28). The maximum atomic E-state index is 13.3. The molecular formula is C19H18F3N3O6S. The first-order valence-corrected chi connectivity index (χ1v) is 10.6. The van der Waals surface area contributed by atoms with Crippen LogP contribution in [0.25, 0.3) is 0 Å². The number of carboxylic acid groups (broad SMARTS) is 1. The van der Waals surface area contributed by atoms with E-state index in [1.54, 1.807) is 0 Å². The van der Waals surface area contributed by atoms with Crippen LogP contribution in [0.1, 0.15) is 12.5 Å². The van der Waals surface area contributed by atoms with Crippen LogP contribution in [0, 0.1) is 0 Å². The lowest BCUT2D eigenvalue weighted by Gasteiger charge is -2.35. The molecule has 0 radical (unpaired) electrons. The number of carbonyl (C=O) groups excluding carboxylic acids is 1. The van der Waals surface area contributed by atoms with Gasteiger partial charge in [-0.1, -0.05) is 6.07 Å². The van der Waals surface area contributed by atoms with Crippen molar-refractivity contribution in [3.05, 3.63) is 48.0 Å². The molecule has 0 saturated carbocycles. The number of anilines is 2. The van der Waals surface area contributed by atoms with E-state index < -0.39 is 38.9 Å². The van der Waals surface area contributed by atoms with Gasteiger partial charge in [0.25, 0.3) is 10.0 Å². The molecule has 2 aromatic rings. The average Bonchev–Trinajstić information content (AvgIpc) is 2.70. The van der Waals surface area contributed by atoms with Crippen molar-refractivity contribution in [3.63, 3.8) is 0 Å². The number of nitrogens with zero attached hydrogens (tertiary/aromatic N) is 1. The molecule has 1 unspecified atom stereocenters. The van der Waals surface area contributed by atoms with E-state index in [-0.39, 0.29) is 36.1 Å². The lowest BCUT2D eigenvalue weighted by molar-refractivity contribution is -0.137. The highest BCUT2D eigenvalue weighted by atomic mass is 32.2. The van der Waals surface area contributed by atoms with Crippen LogP contribution in [-0.4, -0.2) is 44.7 Å². The number of alkyl halides is 3. The smallest absolute Gasteiger partial charge is 0.416 e. The third-order valence-corrected chi connectivity index (χ3v) is 6.25. The molecule has 2 amide bonds. The summed E-state index contributed by atoms with van der Waals surface area (Å²) in [5.74, 6) is -0.328. The summed E-state index contributed by atoms with van der Waals surface area (Å²) >= 11 is 0. The minimum atomic E-state index is -4.75. The van der Waals surface area contributed by atoms with Gasteiger partial charge in [0.1, 0.15) is 11.9 Å². The fourth-order valence-electron chi connectivity index (χ4n) is 3.06. The van der Waals surface area contributed by atoms with Crippen LogP contribution in [0.3, 0.4) is 0 Å². The van der Waals surface area contributed by atoms with Crippen LogP contribution < -0.4 is 19.7 Å². The van der Waals surface area contributed by atoms with Crippen LogP contribution in [-0.2, 0) is 21.0 Å². The molecule has 0 saturated heterocycles. The van der Waals surface area contributed by atoms with Gasteiger partial charge in [0.15, 0.2) is 0 Å². The predicted molar refractivity (Wildman–Crippen MR) is 107 cm³/mol. The van der Waals surface area contributed by atoms with Gasteiger partial charge < -0.3 is 15.2 Å². The van der Waals surface area contributed by atoms with E-state index >= 15 is 0 Å². The summed E-state index contributed by atoms with van der Waals surface area (Å²) in [6.07, 6.45) is -6.98. The number of hydrogen-bond donors (Lipinski definition) is 3. The first kappa shape index (κ1) is 23.2. The Balaban J connectivity index is 2.07. The van der Waals surface area contributed by atoms with Crippen LogP contribution in [0.15, 0.2) is 47.4 Å². The Hall–Kier alpha value is -3.48. The second kappa shape index (κ2) is 8.57. The maximum absolute atomic E-state index is 13.3. The van der Waals surface area contributed by atoms with Crippen LogP contribution >= 0.6 is 0 Å². The predicted octanol–water partition coefficient (Wildman–Crippen LogP) is 2.89. The number of amides is 2. The lowest BCUT2D eigenvalue weighted by Crippen LogP contribution is -2.48. The van der Waals surface area contributed by atoms with Gasteiger partial charge in [-0.15, -0.1) is 0 Å². The van der Waals surface area contributed by atoms with Crippen molar-refractivity contribution in [2.24, 2.45) is 0 Å². The molecule has 0 fully saturated rings. The van der Waals surface area contributed by atoms with Gasteiger partial charge in [-0.25, -0.2) is 13.2 Å². The molecule has 13 heteroatoms. The van der Waals surface area contributed by atoms with Gasteiger partial charge in [-0.2, -0.15) is 13.2 Å². The van der Waals surface area contributed by atoms with Crippen molar-refractivity contribution < 1.29 is 41.0 Å². The molecule has 1 aliphatic heterocycles. The highest BCUT2D eigenvalue weighted by Crippen LogP contribution is 2.39. The first-order chi connectivity index (χ1) is 14.9. The number of carbonyl (C=O) groups is 2. The van der Waals surface area contributed by atoms with Crippen molar-refractivity contribution in [3.8, 4) is 5.75 Å². The van der Waals surface area contributed by atoms with Gasteiger partial charge in [-0.05, 0) is 36.4 Å². The number of halogens is 3. The van der Waals surface area contributed by atoms with E-state index in [4.69, 9.17) is 9.84 Å². The Morgan fingerprint density at radius 1 is 1.22 bits per heavy atom. The average molecular weight is 473 g/mol. The molecule has 9 nitrogen and oxygen atoms in total. The van der Waals surface area contributed by atoms with Gasteiger partial charge in [-0.3, -0.25) is 14.4 Å². The fraction of sp³-hybridized carbons (Fsp3) is 0.263. The summed E-state index contributed by atoms with van der Waals surface area (Å²) in [6, 6.07) is 7.14. The minimum Gasteiger partial charge on any atom is -0.484 e. The summed E-state index contributed by atoms with van der Waals surface area (Å²) in [5, 5.41) is 13.5. The number of ether oxygens (including phenoxy) is 1. The monoisotopic (exact) mass is 473 g/mol. The van der Waals surface area contributed by atoms with Gasteiger partial charge in [0.05, 0.1) is 29.2 Å². The molecule has 0 aromatic heterocycles. The van der Waals surface area contributed by atoms with E-state index in [9.17, 15) is 31.2 Å². The third kappa shape index (κ3) is 5.04. The summed E-state index contributed by atoms with van der Waals surface area (Å²) in [7, 11) is -4.51. The molecule has 0 aliphatic carbocycles. The van der Waals surface area contributed by atoms with E-state index in [2.05, 4.69) is 10.6 Å². The quantitative estimate of drug-likeness (QED) is 0.613. The molecule has 1 aliphatic rings. The van der Waals surface area contributed by atoms with Gasteiger partial charge in [0.2, 0.25) is 5.91 Å². The Morgan fingerprint density at radius 2 is 1.94 bits per heavy atom. The number of rotatable bonds is 5. The van der Waals surface area contributed by atoms with Crippen molar-refractivity contribution >= 4 is 33.4 Å². The highest BCUT2D eigenvalue weighted by Gasteiger charge is 2.37. The molecule has 32 heavy (non-hydrogen) atoms. The molecule has 2 aromatic carbocycles. The number of fused-ring (bicyclic) bond motifs is 1. The highest BCUT2D eigenvalue weighted by molar-refractivity contribution is 7.92.